The third kappa shape index (κ3) is 7.03. The van der Waals surface area contributed by atoms with Gasteiger partial charge in [0.05, 0.1) is 0 Å². The molecule has 178 valence electrons. The van der Waals surface area contributed by atoms with Crippen molar-refractivity contribution >= 4 is 41.1 Å². The first kappa shape index (κ1) is 25.2. The van der Waals surface area contributed by atoms with Crippen molar-refractivity contribution in [2.45, 2.75) is 65.6 Å². The molecule has 1 aromatic carbocycles. The zero-order valence-corrected chi connectivity index (χ0v) is 21.4. The average Bonchev–Trinajstić information content (AvgIpc) is 3.17. The maximum Gasteiger partial charge on any atom is 0.410 e. The molecule has 0 spiro atoms. The number of hydrogen-bond donors (Lipinski definition) is 1. The molecule has 2 atom stereocenters. The molecule has 1 N–H and O–H groups in total. The van der Waals surface area contributed by atoms with E-state index < -0.39 is 5.60 Å². The SMILES string of the molecule is Cc1c(CN2CCN(C(=O)OC(C)(C)C)[C@@H](C)C2)cc(Cl)cc1NC(=O)CC1CCSC1. The smallest absolute Gasteiger partial charge is 0.410 e. The van der Waals surface area contributed by atoms with Gasteiger partial charge in [-0.2, -0.15) is 11.8 Å². The molecule has 0 aliphatic carbocycles. The van der Waals surface area contributed by atoms with E-state index in [1.807, 2.05) is 58.5 Å². The number of amides is 2. The number of ether oxygens (including phenoxy) is 1. The molecule has 2 heterocycles. The lowest BCUT2D eigenvalue weighted by Crippen LogP contribution is -2.54. The van der Waals surface area contributed by atoms with Crippen molar-refractivity contribution in [3.8, 4) is 0 Å². The zero-order chi connectivity index (χ0) is 23.5. The van der Waals surface area contributed by atoms with E-state index in [2.05, 4.69) is 10.2 Å². The molecule has 6 nitrogen and oxygen atoms in total. The van der Waals surface area contributed by atoms with Crippen LogP contribution in [-0.2, 0) is 16.1 Å². The van der Waals surface area contributed by atoms with Crippen LogP contribution < -0.4 is 5.32 Å². The highest BCUT2D eigenvalue weighted by Gasteiger charge is 2.31. The second kappa shape index (κ2) is 10.7. The molecule has 2 saturated heterocycles. The van der Waals surface area contributed by atoms with Gasteiger partial charge in [0.25, 0.3) is 0 Å². The Kier molecular flexibility index (Phi) is 8.39. The van der Waals surface area contributed by atoms with E-state index in [-0.39, 0.29) is 18.0 Å². The van der Waals surface area contributed by atoms with Crippen molar-refractivity contribution < 1.29 is 14.3 Å². The van der Waals surface area contributed by atoms with Crippen molar-refractivity contribution in [3.63, 3.8) is 0 Å². The zero-order valence-electron chi connectivity index (χ0n) is 19.9. The Balaban J connectivity index is 1.61. The number of thioether (sulfide) groups is 1. The van der Waals surface area contributed by atoms with E-state index in [0.717, 1.165) is 54.4 Å². The van der Waals surface area contributed by atoms with Gasteiger partial charge in [-0.3, -0.25) is 9.69 Å². The van der Waals surface area contributed by atoms with Gasteiger partial charge in [-0.15, -0.1) is 0 Å². The summed E-state index contributed by atoms with van der Waals surface area (Å²) in [5, 5.41) is 3.71. The summed E-state index contributed by atoms with van der Waals surface area (Å²) in [5.74, 6) is 2.76. The summed E-state index contributed by atoms with van der Waals surface area (Å²) >= 11 is 8.33. The third-order valence-corrected chi connectivity index (χ3v) is 7.44. The predicted octanol–water partition coefficient (Wildman–Crippen LogP) is 5.17. The van der Waals surface area contributed by atoms with Crippen LogP contribution in [0.5, 0.6) is 0 Å². The summed E-state index contributed by atoms with van der Waals surface area (Å²) < 4.78 is 5.55. The molecule has 3 rings (SSSR count). The van der Waals surface area contributed by atoms with Crippen molar-refractivity contribution in [1.29, 1.82) is 0 Å². The second-order valence-electron chi connectivity index (χ2n) is 9.98. The number of nitrogens with one attached hydrogen (secondary N) is 1. The molecule has 2 fully saturated rings. The molecule has 2 aliphatic rings. The molecule has 0 radical (unpaired) electrons. The first-order valence-corrected chi connectivity index (χ1v) is 12.9. The Hall–Kier alpha value is -1.44. The minimum atomic E-state index is -0.497. The molecule has 2 amide bonds. The lowest BCUT2D eigenvalue weighted by Gasteiger charge is -2.40. The van der Waals surface area contributed by atoms with Crippen LogP contribution in [-0.4, -0.2) is 64.6 Å². The number of carbonyl (C=O) groups is 2. The van der Waals surface area contributed by atoms with Gasteiger partial charge in [0.1, 0.15) is 5.60 Å². The molecule has 2 aliphatic heterocycles. The third-order valence-electron chi connectivity index (χ3n) is 5.99. The quantitative estimate of drug-likeness (QED) is 0.628. The highest BCUT2D eigenvalue weighted by Crippen LogP contribution is 2.29. The summed E-state index contributed by atoms with van der Waals surface area (Å²) in [6.07, 6.45) is 1.43. The van der Waals surface area contributed by atoms with Gasteiger partial charge in [0, 0.05) is 49.4 Å². The van der Waals surface area contributed by atoms with Crippen LogP contribution in [0.3, 0.4) is 0 Å². The van der Waals surface area contributed by atoms with Gasteiger partial charge in [0.15, 0.2) is 0 Å². The lowest BCUT2D eigenvalue weighted by atomic mass is 10.0. The number of hydrogen-bond acceptors (Lipinski definition) is 5. The van der Waals surface area contributed by atoms with E-state index in [0.29, 0.717) is 23.9 Å². The van der Waals surface area contributed by atoms with E-state index >= 15 is 0 Å². The molecule has 8 heteroatoms. The molecule has 1 aromatic rings. The molecule has 0 saturated carbocycles. The minimum Gasteiger partial charge on any atom is -0.444 e. The van der Waals surface area contributed by atoms with Crippen LogP contribution in [0.25, 0.3) is 0 Å². The van der Waals surface area contributed by atoms with Gasteiger partial charge in [-0.1, -0.05) is 11.6 Å². The van der Waals surface area contributed by atoms with E-state index in [1.54, 1.807) is 4.90 Å². The largest absolute Gasteiger partial charge is 0.444 e. The molecule has 0 aromatic heterocycles. The number of anilines is 1. The summed E-state index contributed by atoms with van der Waals surface area (Å²) in [7, 11) is 0. The lowest BCUT2D eigenvalue weighted by molar-refractivity contribution is -0.116. The fourth-order valence-electron chi connectivity index (χ4n) is 4.25. The molecule has 32 heavy (non-hydrogen) atoms. The molecular weight excluding hydrogens is 446 g/mol. The first-order valence-electron chi connectivity index (χ1n) is 11.4. The van der Waals surface area contributed by atoms with Crippen molar-refractivity contribution in [2.24, 2.45) is 5.92 Å². The summed E-state index contributed by atoms with van der Waals surface area (Å²) in [6.45, 7) is 12.6. The Morgan fingerprint density at radius 1 is 1.28 bits per heavy atom. The van der Waals surface area contributed by atoms with Crippen LogP contribution in [0.15, 0.2) is 12.1 Å². The van der Waals surface area contributed by atoms with E-state index in [9.17, 15) is 9.59 Å². The number of nitrogens with zero attached hydrogens (tertiary/aromatic N) is 2. The van der Waals surface area contributed by atoms with Gasteiger partial charge in [-0.05, 0) is 81.7 Å². The monoisotopic (exact) mass is 481 g/mol. The average molecular weight is 482 g/mol. The predicted molar refractivity (Wildman–Crippen MR) is 133 cm³/mol. The summed E-state index contributed by atoms with van der Waals surface area (Å²) in [5.41, 5.74) is 2.44. The van der Waals surface area contributed by atoms with Crippen LogP contribution in [0.1, 0.15) is 51.7 Å². The van der Waals surface area contributed by atoms with Gasteiger partial charge < -0.3 is 15.0 Å². The number of piperazine rings is 1. The summed E-state index contributed by atoms with van der Waals surface area (Å²) in [4.78, 5) is 29.2. The van der Waals surface area contributed by atoms with Crippen LogP contribution in [0.2, 0.25) is 5.02 Å². The molecule has 1 unspecified atom stereocenters. The maximum atomic E-state index is 12.6. The van der Waals surface area contributed by atoms with Crippen molar-refractivity contribution in [2.75, 3.05) is 36.5 Å². The number of carbonyl (C=O) groups excluding carboxylic acids is 2. The Morgan fingerprint density at radius 2 is 2.03 bits per heavy atom. The van der Waals surface area contributed by atoms with Gasteiger partial charge in [-0.25, -0.2) is 4.79 Å². The van der Waals surface area contributed by atoms with Crippen LogP contribution in [0, 0.1) is 12.8 Å². The molecular formula is C24H36ClN3O3S. The second-order valence-corrected chi connectivity index (χ2v) is 11.6. The number of halogens is 1. The van der Waals surface area contributed by atoms with E-state index in [1.165, 1.54) is 0 Å². The summed E-state index contributed by atoms with van der Waals surface area (Å²) in [6, 6.07) is 3.87. The highest BCUT2D eigenvalue weighted by molar-refractivity contribution is 7.99. The molecule has 0 bridgehead atoms. The number of benzene rings is 1. The van der Waals surface area contributed by atoms with Crippen molar-refractivity contribution in [3.05, 3.63) is 28.3 Å². The normalized spacial score (nSPS) is 22.1. The highest BCUT2D eigenvalue weighted by atomic mass is 35.5. The Morgan fingerprint density at radius 3 is 2.66 bits per heavy atom. The van der Waals surface area contributed by atoms with Crippen LogP contribution in [0.4, 0.5) is 10.5 Å². The van der Waals surface area contributed by atoms with E-state index in [4.69, 9.17) is 16.3 Å². The van der Waals surface area contributed by atoms with Crippen LogP contribution >= 0.6 is 23.4 Å². The Bertz CT molecular complexity index is 837. The fourth-order valence-corrected chi connectivity index (χ4v) is 5.77. The van der Waals surface area contributed by atoms with Crippen molar-refractivity contribution in [1.82, 2.24) is 9.80 Å². The maximum absolute atomic E-state index is 12.6. The van der Waals surface area contributed by atoms with Gasteiger partial charge >= 0.3 is 6.09 Å². The number of rotatable bonds is 5. The fraction of sp³-hybridized carbons (Fsp3) is 0.667. The topological polar surface area (TPSA) is 61.9 Å². The standard InChI is InChI=1S/C24H36ClN3O3S/c1-16-13-27(7-8-28(16)23(30)31-24(3,4)5)14-19-11-20(25)12-21(17(19)2)26-22(29)10-18-6-9-32-15-18/h11-12,16,18H,6-10,13-15H2,1-5H3,(H,26,29)/t16-,18?/m0/s1. The van der Waals surface area contributed by atoms with Gasteiger partial charge in [0.2, 0.25) is 5.91 Å². The minimum absolute atomic E-state index is 0.0570. The Labute approximate surface area is 201 Å². The first-order chi connectivity index (χ1) is 15.0.